The number of halogens is 6. The van der Waals surface area contributed by atoms with Gasteiger partial charge in [-0.2, -0.15) is 26.3 Å². The summed E-state index contributed by atoms with van der Waals surface area (Å²) in [6.07, 6.45) is 2.98. The lowest BCUT2D eigenvalue weighted by atomic mass is 10.1. The maximum atomic E-state index is 15.2. The fourth-order valence-electron chi connectivity index (χ4n) is 4.88. The summed E-state index contributed by atoms with van der Waals surface area (Å²) in [6, 6.07) is 6.43. The van der Waals surface area contributed by atoms with Crippen molar-refractivity contribution in [3.05, 3.63) is 115 Å². The number of hydrogen-bond acceptors (Lipinski definition) is 8. The number of allylic oxidation sites excluding steroid dienone is 3. The Balaban J connectivity index is 1.51. The van der Waals surface area contributed by atoms with Gasteiger partial charge in [-0.15, -0.1) is 0 Å². The third-order valence-corrected chi connectivity index (χ3v) is 7.73. The molecular formula is C40H44F6O8. The number of rotatable bonds is 24. The summed E-state index contributed by atoms with van der Waals surface area (Å²) in [5, 5.41) is 0. The predicted octanol–water partition coefficient (Wildman–Crippen LogP) is 10.3. The third kappa shape index (κ3) is 15.5. The molecule has 1 aliphatic rings. The number of esters is 2. The molecule has 0 aliphatic heterocycles. The predicted molar refractivity (Wildman–Crippen MR) is 189 cm³/mol. The van der Waals surface area contributed by atoms with Gasteiger partial charge in [0.05, 0.1) is 37.8 Å². The van der Waals surface area contributed by atoms with Crippen molar-refractivity contribution in [3.63, 3.8) is 0 Å². The van der Waals surface area contributed by atoms with Gasteiger partial charge in [-0.1, -0.05) is 25.3 Å². The molecule has 54 heavy (non-hydrogen) atoms. The lowest BCUT2D eigenvalue weighted by Gasteiger charge is -2.22. The topological polar surface area (TPSA) is 89.5 Å². The molecule has 0 bridgehead atoms. The first kappa shape index (κ1) is 43.3. The minimum Gasteiger partial charge on any atom is -0.498 e. The Bertz CT molecular complexity index is 1610. The van der Waals surface area contributed by atoms with Crippen LogP contribution in [0.15, 0.2) is 103 Å². The van der Waals surface area contributed by atoms with E-state index in [-0.39, 0.29) is 17.9 Å². The van der Waals surface area contributed by atoms with Crippen LogP contribution in [0.25, 0.3) is 0 Å². The van der Waals surface area contributed by atoms with Gasteiger partial charge in [0, 0.05) is 24.1 Å². The van der Waals surface area contributed by atoms with E-state index in [9.17, 15) is 22.8 Å². The van der Waals surface area contributed by atoms with Crippen LogP contribution >= 0.6 is 0 Å². The van der Waals surface area contributed by atoms with Crippen LogP contribution in [0.1, 0.15) is 68.9 Å². The normalized spacial score (nSPS) is 13.4. The molecule has 294 valence electrons. The van der Waals surface area contributed by atoms with Crippen LogP contribution in [0.5, 0.6) is 17.2 Å². The number of benzene rings is 2. The lowest BCUT2D eigenvalue weighted by Crippen LogP contribution is -2.23. The van der Waals surface area contributed by atoms with Gasteiger partial charge in [-0.3, -0.25) is 0 Å². The highest BCUT2D eigenvalue weighted by molar-refractivity contribution is 5.81. The second-order valence-electron chi connectivity index (χ2n) is 11.9. The van der Waals surface area contributed by atoms with Crippen LogP contribution in [0, 0.1) is 0 Å². The molecule has 2 aromatic rings. The van der Waals surface area contributed by atoms with Crippen molar-refractivity contribution in [2.24, 2.45) is 0 Å². The summed E-state index contributed by atoms with van der Waals surface area (Å²) in [4.78, 5) is 22.0. The maximum Gasteiger partial charge on any atom is 0.426 e. The maximum absolute atomic E-state index is 15.2. The van der Waals surface area contributed by atoms with Crippen molar-refractivity contribution in [2.45, 2.75) is 76.4 Å². The molecule has 0 fully saturated rings. The Morgan fingerprint density at radius 2 is 1.28 bits per heavy atom. The molecule has 3 rings (SSSR count). The van der Waals surface area contributed by atoms with E-state index < -0.39 is 53.2 Å². The minimum atomic E-state index is -5.14. The second kappa shape index (κ2) is 22.2. The molecule has 0 aromatic heterocycles. The molecule has 0 saturated carbocycles. The number of unbranched alkanes of at least 4 members (excludes halogenated alkanes) is 6. The van der Waals surface area contributed by atoms with Crippen molar-refractivity contribution < 1.29 is 64.4 Å². The van der Waals surface area contributed by atoms with Crippen LogP contribution in [0.4, 0.5) is 26.3 Å². The van der Waals surface area contributed by atoms with Gasteiger partial charge < -0.3 is 28.4 Å². The standard InChI is InChI=1S/C40H44F6O8/c1-3-36(47)51-26-11-7-5-9-24-49-31-15-13-14-29(16-19-31)38(41)53-33-22-23-35(34(28-33)39(42,43)44)54-40(45,46)30-17-20-32(21-18-30)50-25-10-6-8-12-27-52-37(48)4-2/h3-4,13-14,16-23,28,38H,1-2,5-12,15,24-27H2. The fraction of sp³-hybridized carbons (Fsp3) is 0.400. The fourth-order valence-corrected chi connectivity index (χ4v) is 4.88. The molecule has 1 aliphatic carbocycles. The molecular weight excluding hydrogens is 722 g/mol. The Labute approximate surface area is 310 Å². The number of alkyl halides is 6. The van der Waals surface area contributed by atoms with E-state index in [1.807, 2.05) is 0 Å². The molecule has 0 saturated heterocycles. The van der Waals surface area contributed by atoms with Crippen molar-refractivity contribution in [3.8, 4) is 17.2 Å². The van der Waals surface area contributed by atoms with Gasteiger partial charge in [0.25, 0.3) is 6.36 Å². The Kier molecular flexibility index (Phi) is 17.8. The van der Waals surface area contributed by atoms with Gasteiger partial charge in [0.2, 0.25) is 0 Å². The van der Waals surface area contributed by atoms with Crippen molar-refractivity contribution in [1.29, 1.82) is 0 Å². The molecule has 14 heteroatoms. The zero-order chi connectivity index (χ0) is 39.4. The quantitative estimate of drug-likeness (QED) is 0.0452. The highest BCUT2D eigenvalue weighted by Gasteiger charge is 2.41. The van der Waals surface area contributed by atoms with Crippen LogP contribution in [-0.4, -0.2) is 44.7 Å². The molecule has 1 unspecified atom stereocenters. The third-order valence-electron chi connectivity index (χ3n) is 7.73. The smallest absolute Gasteiger partial charge is 0.426 e. The zero-order valence-corrected chi connectivity index (χ0v) is 29.7. The molecule has 0 amide bonds. The van der Waals surface area contributed by atoms with Crippen molar-refractivity contribution in [1.82, 2.24) is 0 Å². The summed E-state index contributed by atoms with van der Waals surface area (Å²) >= 11 is 0. The highest BCUT2D eigenvalue weighted by atomic mass is 19.4. The number of carbonyl (C=O) groups is 2. The largest absolute Gasteiger partial charge is 0.498 e. The van der Waals surface area contributed by atoms with Crippen molar-refractivity contribution >= 4 is 11.9 Å². The van der Waals surface area contributed by atoms with Gasteiger partial charge in [0.1, 0.15) is 22.8 Å². The summed E-state index contributed by atoms with van der Waals surface area (Å²) in [7, 11) is 0. The average molecular weight is 767 g/mol. The van der Waals surface area contributed by atoms with E-state index in [1.165, 1.54) is 30.4 Å². The Morgan fingerprint density at radius 1 is 0.722 bits per heavy atom. The summed E-state index contributed by atoms with van der Waals surface area (Å²) in [6.45, 7) is 7.92. The van der Waals surface area contributed by atoms with E-state index in [1.54, 1.807) is 6.08 Å². The first-order valence-electron chi connectivity index (χ1n) is 17.4. The van der Waals surface area contributed by atoms with Gasteiger partial charge in [0.15, 0.2) is 0 Å². The summed E-state index contributed by atoms with van der Waals surface area (Å²) in [5.41, 5.74) is -2.29. The highest BCUT2D eigenvalue weighted by Crippen LogP contribution is 2.42. The molecule has 8 nitrogen and oxygen atoms in total. The van der Waals surface area contributed by atoms with E-state index in [0.717, 1.165) is 62.5 Å². The molecule has 0 heterocycles. The first-order valence-corrected chi connectivity index (χ1v) is 17.4. The van der Waals surface area contributed by atoms with Crippen LogP contribution in [0.3, 0.4) is 0 Å². The molecule has 1 atom stereocenters. The van der Waals surface area contributed by atoms with E-state index in [0.29, 0.717) is 63.4 Å². The first-order chi connectivity index (χ1) is 25.8. The van der Waals surface area contributed by atoms with Crippen molar-refractivity contribution in [2.75, 3.05) is 26.4 Å². The van der Waals surface area contributed by atoms with Crippen LogP contribution in [0.2, 0.25) is 0 Å². The van der Waals surface area contributed by atoms with E-state index in [4.69, 9.17) is 23.7 Å². The van der Waals surface area contributed by atoms with Gasteiger partial charge in [-0.05, 0) is 106 Å². The Morgan fingerprint density at radius 3 is 1.85 bits per heavy atom. The van der Waals surface area contributed by atoms with Gasteiger partial charge in [-0.25, -0.2) is 9.59 Å². The van der Waals surface area contributed by atoms with Crippen LogP contribution in [-0.2, 0) is 36.1 Å². The average Bonchev–Trinajstić information content (AvgIpc) is 3.39. The summed E-state index contributed by atoms with van der Waals surface area (Å²) < 4.78 is 118. The SMILES string of the molecule is C=CC(=O)OCCCCCCOC1=CC=C(C(F)Oc2ccc(OC(F)(F)c3ccc(OCCCCCCOC(=O)C=C)cc3)c(C(F)(F)F)c2)C=CC1. The number of hydrogen-bond donors (Lipinski definition) is 0. The molecule has 0 spiro atoms. The molecule has 0 radical (unpaired) electrons. The van der Waals surface area contributed by atoms with Gasteiger partial charge >= 0.3 is 24.2 Å². The second-order valence-corrected chi connectivity index (χ2v) is 11.9. The summed E-state index contributed by atoms with van der Waals surface area (Å²) in [5.74, 6) is -1.86. The van der Waals surface area contributed by atoms with Crippen LogP contribution < -0.4 is 14.2 Å². The lowest BCUT2D eigenvalue weighted by molar-refractivity contribution is -0.191. The minimum absolute atomic E-state index is 0.000679. The molecule has 0 N–H and O–H groups in total. The number of ether oxygens (including phenoxy) is 6. The van der Waals surface area contributed by atoms with E-state index >= 15 is 13.2 Å². The Hall–Kier alpha value is -5.14. The zero-order valence-electron chi connectivity index (χ0n) is 29.7. The monoisotopic (exact) mass is 766 g/mol. The van der Waals surface area contributed by atoms with E-state index in [2.05, 4.69) is 17.9 Å². The molecule has 2 aromatic carbocycles. The number of carbonyl (C=O) groups excluding carboxylic acids is 2.